The molecule has 5 nitrogen and oxygen atoms in total. The van der Waals surface area contributed by atoms with Crippen molar-refractivity contribution in [3.8, 4) is 5.69 Å². The Balaban J connectivity index is 1.74. The fourth-order valence-electron chi connectivity index (χ4n) is 2.88. The number of likely N-dealkylation sites (tertiary alicyclic amines) is 1. The molecule has 0 radical (unpaired) electrons. The van der Waals surface area contributed by atoms with Crippen LogP contribution in [0.4, 0.5) is 4.79 Å². The number of aromatic nitrogens is 2. The van der Waals surface area contributed by atoms with Gasteiger partial charge >= 0.3 is 6.09 Å². The summed E-state index contributed by atoms with van der Waals surface area (Å²) in [4.78, 5) is 12.4. The molecule has 5 heteroatoms. The number of nitrogens with zero attached hydrogens (tertiary/aromatic N) is 3. The second kappa shape index (κ2) is 5.60. The SMILES string of the molecule is Cc1ccccc1-n1ccc(C2CCN(C(=O)O)CC2)n1. The van der Waals surface area contributed by atoms with Crippen LogP contribution in [0.25, 0.3) is 5.69 Å². The van der Waals surface area contributed by atoms with Crippen LogP contribution in [0.2, 0.25) is 0 Å². The lowest BCUT2D eigenvalue weighted by Gasteiger charge is -2.28. The van der Waals surface area contributed by atoms with Gasteiger partial charge in [0.15, 0.2) is 0 Å². The molecule has 2 heterocycles. The molecular formula is C16H19N3O2. The van der Waals surface area contributed by atoms with Crippen LogP contribution in [0.5, 0.6) is 0 Å². The van der Waals surface area contributed by atoms with Crippen LogP contribution >= 0.6 is 0 Å². The minimum Gasteiger partial charge on any atom is -0.465 e. The maximum Gasteiger partial charge on any atom is 0.407 e. The van der Waals surface area contributed by atoms with Gasteiger partial charge in [0.1, 0.15) is 0 Å². The predicted molar refractivity (Wildman–Crippen MR) is 79.9 cm³/mol. The molecular weight excluding hydrogens is 266 g/mol. The number of piperidine rings is 1. The Morgan fingerprint density at radius 2 is 1.95 bits per heavy atom. The van der Waals surface area contributed by atoms with E-state index >= 15 is 0 Å². The van der Waals surface area contributed by atoms with Gasteiger partial charge in [0, 0.05) is 25.2 Å². The molecule has 1 aliphatic rings. The molecule has 1 aliphatic heterocycles. The van der Waals surface area contributed by atoms with Crippen LogP contribution < -0.4 is 0 Å². The number of benzene rings is 1. The Hall–Kier alpha value is -2.30. The van der Waals surface area contributed by atoms with Gasteiger partial charge in [0.05, 0.1) is 11.4 Å². The number of amides is 1. The Labute approximate surface area is 123 Å². The average molecular weight is 285 g/mol. The van der Waals surface area contributed by atoms with E-state index in [1.807, 2.05) is 29.1 Å². The molecule has 0 saturated carbocycles. The zero-order valence-electron chi connectivity index (χ0n) is 12.1. The van der Waals surface area contributed by atoms with E-state index in [-0.39, 0.29) is 0 Å². The van der Waals surface area contributed by atoms with Gasteiger partial charge in [-0.3, -0.25) is 0 Å². The fraction of sp³-hybridized carbons (Fsp3) is 0.375. The highest BCUT2D eigenvalue weighted by Crippen LogP contribution is 2.27. The number of hydrogen-bond acceptors (Lipinski definition) is 2. The van der Waals surface area contributed by atoms with Crippen molar-refractivity contribution in [2.45, 2.75) is 25.7 Å². The number of rotatable bonds is 2. The molecule has 21 heavy (non-hydrogen) atoms. The lowest BCUT2D eigenvalue weighted by atomic mass is 9.94. The largest absolute Gasteiger partial charge is 0.465 e. The molecule has 0 unspecified atom stereocenters. The lowest BCUT2D eigenvalue weighted by molar-refractivity contribution is 0.131. The van der Waals surface area contributed by atoms with Gasteiger partial charge in [0.25, 0.3) is 0 Å². The molecule has 1 aromatic heterocycles. The number of carboxylic acid groups (broad SMARTS) is 1. The molecule has 3 rings (SSSR count). The van der Waals surface area contributed by atoms with Crippen LogP contribution in [-0.4, -0.2) is 39.0 Å². The van der Waals surface area contributed by atoms with Crippen molar-refractivity contribution < 1.29 is 9.90 Å². The van der Waals surface area contributed by atoms with E-state index in [1.165, 1.54) is 10.5 Å². The highest BCUT2D eigenvalue weighted by Gasteiger charge is 2.24. The van der Waals surface area contributed by atoms with E-state index in [0.717, 1.165) is 24.2 Å². The summed E-state index contributed by atoms with van der Waals surface area (Å²) in [6, 6.07) is 10.2. The highest BCUT2D eigenvalue weighted by atomic mass is 16.4. The number of aryl methyl sites for hydroxylation is 1. The zero-order valence-corrected chi connectivity index (χ0v) is 12.1. The Morgan fingerprint density at radius 1 is 1.24 bits per heavy atom. The van der Waals surface area contributed by atoms with Crippen LogP contribution in [-0.2, 0) is 0 Å². The summed E-state index contributed by atoms with van der Waals surface area (Å²) in [7, 11) is 0. The molecule has 0 bridgehead atoms. The Bertz CT molecular complexity index is 642. The maximum atomic E-state index is 10.9. The van der Waals surface area contributed by atoms with E-state index in [0.29, 0.717) is 19.0 Å². The second-order valence-electron chi connectivity index (χ2n) is 5.52. The normalized spacial score (nSPS) is 16.1. The molecule has 1 N–H and O–H groups in total. The third-order valence-electron chi connectivity index (χ3n) is 4.16. The van der Waals surface area contributed by atoms with Gasteiger partial charge in [-0.1, -0.05) is 18.2 Å². The smallest absolute Gasteiger partial charge is 0.407 e. The second-order valence-corrected chi connectivity index (χ2v) is 5.52. The lowest BCUT2D eigenvalue weighted by Crippen LogP contribution is -2.36. The van der Waals surface area contributed by atoms with Gasteiger partial charge in [-0.25, -0.2) is 9.48 Å². The molecule has 110 valence electrons. The first-order chi connectivity index (χ1) is 10.1. The number of carbonyl (C=O) groups is 1. The van der Waals surface area contributed by atoms with Crippen LogP contribution in [0.3, 0.4) is 0 Å². The molecule has 0 aliphatic carbocycles. The Morgan fingerprint density at radius 3 is 2.62 bits per heavy atom. The summed E-state index contributed by atoms with van der Waals surface area (Å²) >= 11 is 0. The summed E-state index contributed by atoms with van der Waals surface area (Å²) < 4.78 is 1.91. The maximum absolute atomic E-state index is 10.9. The molecule has 1 saturated heterocycles. The van der Waals surface area contributed by atoms with E-state index in [9.17, 15) is 4.79 Å². The summed E-state index contributed by atoms with van der Waals surface area (Å²) in [6.07, 6.45) is 2.86. The van der Waals surface area contributed by atoms with E-state index in [2.05, 4.69) is 24.2 Å². The summed E-state index contributed by atoms with van der Waals surface area (Å²) in [5.41, 5.74) is 3.34. The third-order valence-corrected chi connectivity index (χ3v) is 4.16. The van der Waals surface area contributed by atoms with E-state index in [4.69, 9.17) is 5.11 Å². The molecule has 1 fully saturated rings. The van der Waals surface area contributed by atoms with Gasteiger partial charge in [-0.2, -0.15) is 5.10 Å². The summed E-state index contributed by atoms with van der Waals surface area (Å²) in [5.74, 6) is 0.353. The first kappa shape index (κ1) is 13.7. The predicted octanol–water partition coefficient (Wildman–Crippen LogP) is 3.04. The van der Waals surface area contributed by atoms with Crippen molar-refractivity contribution in [2.24, 2.45) is 0 Å². The molecule has 0 spiro atoms. The highest BCUT2D eigenvalue weighted by molar-refractivity contribution is 5.65. The van der Waals surface area contributed by atoms with Gasteiger partial charge < -0.3 is 10.0 Å². The van der Waals surface area contributed by atoms with Crippen molar-refractivity contribution in [1.29, 1.82) is 0 Å². The fourth-order valence-corrected chi connectivity index (χ4v) is 2.88. The van der Waals surface area contributed by atoms with Crippen molar-refractivity contribution in [3.05, 3.63) is 47.8 Å². The third kappa shape index (κ3) is 2.77. The minimum atomic E-state index is -0.820. The van der Waals surface area contributed by atoms with E-state index < -0.39 is 6.09 Å². The van der Waals surface area contributed by atoms with Gasteiger partial charge in [0.2, 0.25) is 0 Å². The molecule has 1 aromatic carbocycles. The van der Waals surface area contributed by atoms with Gasteiger partial charge in [-0.15, -0.1) is 0 Å². The summed E-state index contributed by atoms with van der Waals surface area (Å²) in [5, 5.41) is 13.7. The van der Waals surface area contributed by atoms with Gasteiger partial charge in [-0.05, 0) is 37.5 Å². The van der Waals surface area contributed by atoms with Crippen molar-refractivity contribution in [1.82, 2.24) is 14.7 Å². The molecule has 2 aromatic rings. The number of para-hydroxylation sites is 1. The van der Waals surface area contributed by atoms with Crippen molar-refractivity contribution in [3.63, 3.8) is 0 Å². The van der Waals surface area contributed by atoms with Crippen molar-refractivity contribution in [2.75, 3.05) is 13.1 Å². The standard InChI is InChI=1S/C16H19N3O2/c1-12-4-2-3-5-15(12)19-11-8-14(17-19)13-6-9-18(10-7-13)16(20)21/h2-5,8,11,13H,6-7,9-10H2,1H3,(H,20,21). The Kier molecular flexibility index (Phi) is 3.64. The quantitative estimate of drug-likeness (QED) is 0.922. The summed E-state index contributed by atoms with van der Waals surface area (Å²) in [6.45, 7) is 3.26. The molecule has 0 atom stereocenters. The number of hydrogen-bond donors (Lipinski definition) is 1. The zero-order chi connectivity index (χ0) is 14.8. The monoisotopic (exact) mass is 285 g/mol. The van der Waals surface area contributed by atoms with E-state index in [1.54, 1.807) is 0 Å². The van der Waals surface area contributed by atoms with Crippen LogP contribution in [0.1, 0.15) is 30.0 Å². The first-order valence-electron chi connectivity index (χ1n) is 7.24. The minimum absolute atomic E-state index is 0.353. The average Bonchev–Trinajstić information content (AvgIpc) is 2.97. The van der Waals surface area contributed by atoms with Crippen molar-refractivity contribution >= 4 is 6.09 Å². The van der Waals surface area contributed by atoms with Crippen LogP contribution in [0, 0.1) is 6.92 Å². The topological polar surface area (TPSA) is 58.4 Å². The van der Waals surface area contributed by atoms with Crippen LogP contribution in [0.15, 0.2) is 36.5 Å². The molecule has 1 amide bonds. The first-order valence-corrected chi connectivity index (χ1v) is 7.24.